The number of amides is 1. The van der Waals surface area contributed by atoms with Gasteiger partial charge in [-0.05, 0) is 43.5 Å². The molecular weight excluding hydrogens is 262 g/mol. The van der Waals surface area contributed by atoms with Gasteiger partial charge in [-0.2, -0.15) is 0 Å². The Bertz CT molecular complexity index is 457. The number of halogens is 2. The van der Waals surface area contributed by atoms with E-state index in [9.17, 15) is 13.6 Å². The Labute approximate surface area is 118 Å². The monoisotopic (exact) mass is 282 g/mol. The summed E-state index contributed by atoms with van der Waals surface area (Å²) in [5.74, 6) is -1.51. The largest absolute Gasteiger partial charge is 0.341 e. The van der Waals surface area contributed by atoms with Crippen molar-refractivity contribution in [2.45, 2.75) is 25.7 Å². The maximum Gasteiger partial charge on any atom is 0.222 e. The van der Waals surface area contributed by atoms with Crippen LogP contribution < -0.4 is 5.32 Å². The summed E-state index contributed by atoms with van der Waals surface area (Å²) in [5, 5.41) is 3.25. The molecule has 1 aromatic rings. The predicted octanol–water partition coefficient (Wildman–Crippen LogP) is 2.11. The first-order valence-electron chi connectivity index (χ1n) is 7.09. The summed E-state index contributed by atoms with van der Waals surface area (Å²) < 4.78 is 25.8. The molecule has 0 bridgehead atoms. The van der Waals surface area contributed by atoms with Crippen LogP contribution in [0.25, 0.3) is 0 Å². The molecular formula is C15H20F2N2O. The summed E-state index contributed by atoms with van der Waals surface area (Å²) in [7, 11) is 0. The molecule has 2 rings (SSSR count). The molecule has 5 heteroatoms. The Morgan fingerprint density at radius 1 is 1.20 bits per heavy atom. The molecule has 1 aliphatic heterocycles. The lowest BCUT2D eigenvalue weighted by Gasteiger charge is -2.19. The number of nitrogens with zero attached hydrogens (tertiary/aromatic N) is 1. The molecule has 20 heavy (non-hydrogen) atoms. The normalized spacial score (nSPS) is 16.0. The fourth-order valence-corrected chi connectivity index (χ4v) is 2.39. The second-order valence-electron chi connectivity index (χ2n) is 5.09. The molecule has 1 heterocycles. The fourth-order valence-electron chi connectivity index (χ4n) is 2.39. The zero-order valence-corrected chi connectivity index (χ0v) is 11.5. The Hall–Kier alpha value is -1.49. The summed E-state index contributed by atoms with van der Waals surface area (Å²) in [6.45, 7) is 3.36. The second-order valence-corrected chi connectivity index (χ2v) is 5.09. The van der Waals surface area contributed by atoms with Crippen LogP contribution in [-0.4, -0.2) is 37.0 Å². The predicted molar refractivity (Wildman–Crippen MR) is 73.4 cm³/mol. The number of carbonyl (C=O) groups is 1. The lowest BCUT2D eigenvalue weighted by atomic mass is 10.1. The van der Waals surface area contributed by atoms with Crippen LogP contribution >= 0.6 is 0 Å². The molecule has 1 fully saturated rings. The van der Waals surface area contributed by atoms with Crippen molar-refractivity contribution in [3.05, 3.63) is 35.4 Å². The van der Waals surface area contributed by atoms with Gasteiger partial charge in [-0.3, -0.25) is 4.79 Å². The summed E-state index contributed by atoms with van der Waals surface area (Å²) in [6, 6.07) is 3.90. The standard InChI is InChI=1S/C15H20F2N2O/c16-13-6-5-12(11-14(13)17)3-1-4-15(20)19-9-2-7-18-8-10-19/h5-6,11,18H,1-4,7-10H2. The van der Waals surface area contributed by atoms with Crippen LogP contribution in [0.2, 0.25) is 0 Å². The minimum Gasteiger partial charge on any atom is -0.341 e. The highest BCUT2D eigenvalue weighted by Gasteiger charge is 2.14. The van der Waals surface area contributed by atoms with Crippen molar-refractivity contribution < 1.29 is 13.6 Å². The number of nitrogens with one attached hydrogen (secondary N) is 1. The average molecular weight is 282 g/mol. The third-order valence-corrected chi connectivity index (χ3v) is 3.53. The molecule has 0 radical (unpaired) electrons. The van der Waals surface area contributed by atoms with Crippen molar-refractivity contribution in [1.29, 1.82) is 0 Å². The molecule has 0 atom stereocenters. The van der Waals surface area contributed by atoms with Crippen molar-refractivity contribution in [2.24, 2.45) is 0 Å². The second kappa shape index (κ2) is 7.33. The van der Waals surface area contributed by atoms with Crippen molar-refractivity contribution >= 4 is 5.91 Å². The van der Waals surface area contributed by atoms with Crippen LogP contribution in [0.4, 0.5) is 8.78 Å². The summed E-state index contributed by atoms with van der Waals surface area (Å²) in [6.07, 6.45) is 2.69. The van der Waals surface area contributed by atoms with E-state index in [-0.39, 0.29) is 5.91 Å². The fraction of sp³-hybridized carbons (Fsp3) is 0.533. The van der Waals surface area contributed by atoms with Gasteiger partial charge in [-0.15, -0.1) is 0 Å². The minimum absolute atomic E-state index is 0.149. The van der Waals surface area contributed by atoms with Gasteiger partial charge in [0, 0.05) is 26.1 Å². The lowest BCUT2D eigenvalue weighted by Crippen LogP contribution is -2.34. The number of hydrogen-bond donors (Lipinski definition) is 1. The SMILES string of the molecule is O=C(CCCc1ccc(F)c(F)c1)N1CCCNCC1. The minimum atomic E-state index is -0.832. The van der Waals surface area contributed by atoms with Gasteiger partial charge in [-0.25, -0.2) is 8.78 Å². The van der Waals surface area contributed by atoms with E-state index in [1.807, 2.05) is 4.90 Å². The van der Waals surface area contributed by atoms with Crippen molar-refractivity contribution in [3.8, 4) is 0 Å². The van der Waals surface area contributed by atoms with E-state index < -0.39 is 11.6 Å². The third-order valence-electron chi connectivity index (χ3n) is 3.53. The topological polar surface area (TPSA) is 32.3 Å². The van der Waals surface area contributed by atoms with Gasteiger partial charge in [0.25, 0.3) is 0 Å². The van der Waals surface area contributed by atoms with Gasteiger partial charge in [0.1, 0.15) is 0 Å². The van der Waals surface area contributed by atoms with E-state index >= 15 is 0 Å². The van der Waals surface area contributed by atoms with Gasteiger partial charge >= 0.3 is 0 Å². The smallest absolute Gasteiger partial charge is 0.222 e. The molecule has 0 aliphatic carbocycles. The van der Waals surface area contributed by atoms with Crippen LogP contribution in [0.15, 0.2) is 18.2 Å². The summed E-state index contributed by atoms with van der Waals surface area (Å²) in [5.41, 5.74) is 0.731. The zero-order valence-electron chi connectivity index (χ0n) is 11.5. The van der Waals surface area contributed by atoms with E-state index in [0.29, 0.717) is 19.3 Å². The van der Waals surface area contributed by atoms with Crippen LogP contribution in [0, 0.1) is 11.6 Å². The van der Waals surface area contributed by atoms with Gasteiger partial charge in [-0.1, -0.05) is 6.07 Å². The third kappa shape index (κ3) is 4.27. The maximum atomic E-state index is 13.0. The summed E-state index contributed by atoms with van der Waals surface area (Å²) >= 11 is 0. The van der Waals surface area contributed by atoms with Crippen molar-refractivity contribution in [2.75, 3.05) is 26.2 Å². The summed E-state index contributed by atoms with van der Waals surface area (Å²) in [4.78, 5) is 13.9. The Balaban J connectivity index is 1.76. The molecule has 1 amide bonds. The lowest BCUT2D eigenvalue weighted by molar-refractivity contribution is -0.131. The molecule has 1 aliphatic rings. The molecule has 0 unspecified atom stereocenters. The van der Waals surface area contributed by atoms with Crippen LogP contribution in [-0.2, 0) is 11.2 Å². The van der Waals surface area contributed by atoms with E-state index in [0.717, 1.165) is 44.2 Å². The highest BCUT2D eigenvalue weighted by atomic mass is 19.2. The molecule has 0 saturated carbocycles. The quantitative estimate of drug-likeness (QED) is 0.917. The highest BCUT2D eigenvalue weighted by molar-refractivity contribution is 5.76. The number of aryl methyl sites for hydroxylation is 1. The van der Waals surface area contributed by atoms with Crippen LogP contribution in [0.5, 0.6) is 0 Å². The number of hydrogen-bond acceptors (Lipinski definition) is 2. The van der Waals surface area contributed by atoms with Crippen LogP contribution in [0.3, 0.4) is 0 Å². The van der Waals surface area contributed by atoms with E-state index in [1.165, 1.54) is 6.07 Å². The molecule has 1 saturated heterocycles. The molecule has 3 nitrogen and oxygen atoms in total. The first kappa shape index (κ1) is 14.9. The number of benzene rings is 1. The highest BCUT2D eigenvalue weighted by Crippen LogP contribution is 2.12. The molecule has 1 aromatic carbocycles. The first-order chi connectivity index (χ1) is 9.66. The van der Waals surface area contributed by atoms with Gasteiger partial charge in [0.05, 0.1) is 0 Å². The Kier molecular flexibility index (Phi) is 5.47. The van der Waals surface area contributed by atoms with Gasteiger partial charge in [0.2, 0.25) is 5.91 Å². The molecule has 0 aromatic heterocycles. The average Bonchev–Trinajstić information content (AvgIpc) is 2.71. The Morgan fingerprint density at radius 3 is 2.85 bits per heavy atom. The van der Waals surface area contributed by atoms with E-state index in [1.54, 1.807) is 6.07 Å². The zero-order chi connectivity index (χ0) is 14.4. The molecule has 110 valence electrons. The van der Waals surface area contributed by atoms with E-state index in [4.69, 9.17) is 0 Å². The van der Waals surface area contributed by atoms with Crippen LogP contribution in [0.1, 0.15) is 24.8 Å². The Morgan fingerprint density at radius 2 is 2.05 bits per heavy atom. The van der Waals surface area contributed by atoms with Crippen molar-refractivity contribution in [1.82, 2.24) is 10.2 Å². The number of carbonyl (C=O) groups excluding carboxylic acids is 1. The van der Waals surface area contributed by atoms with E-state index in [2.05, 4.69) is 5.32 Å². The number of rotatable bonds is 4. The maximum absolute atomic E-state index is 13.0. The van der Waals surface area contributed by atoms with Crippen molar-refractivity contribution in [3.63, 3.8) is 0 Å². The molecule has 1 N–H and O–H groups in total. The van der Waals surface area contributed by atoms with Gasteiger partial charge in [0.15, 0.2) is 11.6 Å². The first-order valence-corrected chi connectivity index (χ1v) is 7.09. The van der Waals surface area contributed by atoms with Gasteiger partial charge < -0.3 is 10.2 Å². The molecule has 0 spiro atoms.